The average molecular weight is 199 g/mol. The number of nitrogens with two attached hydrogens (primary N) is 1. The fourth-order valence-electron chi connectivity index (χ4n) is 3.09. The zero-order valence-corrected chi connectivity index (χ0v) is 7.64. The molecule has 14 heavy (non-hydrogen) atoms. The van der Waals surface area contributed by atoms with Crippen LogP contribution in [0.5, 0.6) is 0 Å². The number of fused-ring (bicyclic) bond motifs is 2. The van der Waals surface area contributed by atoms with Crippen molar-refractivity contribution in [2.45, 2.75) is 24.8 Å². The van der Waals surface area contributed by atoms with E-state index in [2.05, 4.69) is 0 Å². The summed E-state index contributed by atoms with van der Waals surface area (Å²) in [6, 6.07) is 0. The maximum Gasteiger partial charge on any atom is 0.324 e. The Labute approximate surface area is 80.9 Å². The molecule has 2 aliphatic rings. The number of carboxylic acid groups (broad SMARTS) is 2. The van der Waals surface area contributed by atoms with Crippen LogP contribution >= 0.6 is 0 Å². The smallest absolute Gasteiger partial charge is 0.324 e. The first-order valence-electron chi connectivity index (χ1n) is 4.73. The molecule has 78 valence electrons. The van der Waals surface area contributed by atoms with Gasteiger partial charge in [0.25, 0.3) is 0 Å². The molecule has 2 saturated carbocycles. The van der Waals surface area contributed by atoms with Crippen molar-refractivity contribution < 1.29 is 19.8 Å². The van der Waals surface area contributed by atoms with Crippen molar-refractivity contribution in [3.05, 3.63) is 0 Å². The molecule has 0 saturated heterocycles. The summed E-state index contributed by atoms with van der Waals surface area (Å²) in [5.74, 6) is -3.06. The Morgan fingerprint density at radius 3 is 2.29 bits per heavy atom. The van der Waals surface area contributed by atoms with Gasteiger partial charge in [0.15, 0.2) is 0 Å². The number of carbonyl (C=O) groups is 2. The molecule has 0 aromatic rings. The largest absolute Gasteiger partial charge is 0.481 e. The van der Waals surface area contributed by atoms with Crippen molar-refractivity contribution in [2.24, 2.45) is 23.5 Å². The second kappa shape index (κ2) is 2.70. The van der Waals surface area contributed by atoms with Crippen molar-refractivity contribution in [1.29, 1.82) is 0 Å². The normalized spacial score (nSPS) is 45.4. The van der Waals surface area contributed by atoms with E-state index in [1.165, 1.54) is 0 Å². The average Bonchev–Trinajstić information content (AvgIpc) is 2.58. The van der Waals surface area contributed by atoms with Crippen LogP contribution < -0.4 is 5.73 Å². The molecule has 0 amide bonds. The minimum absolute atomic E-state index is 0.161. The molecule has 2 bridgehead atoms. The van der Waals surface area contributed by atoms with E-state index in [0.29, 0.717) is 12.8 Å². The van der Waals surface area contributed by atoms with E-state index in [-0.39, 0.29) is 11.8 Å². The van der Waals surface area contributed by atoms with Gasteiger partial charge in [-0.3, -0.25) is 9.59 Å². The van der Waals surface area contributed by atoms with Gasteiger partial charge in [0.05, 0.1) is 5.92 Å². The molecule has 0 spiro atoms. The predicted molar refractivity (Wildman–Crippen MR) is 46.5 cm³/mol. The van der Waals surface area contributed by atoms with Gasteiger partial charge in [-0.25, -0.2) is 0 Å². The Morgan fingerprint density at radius 2 is 1.93 bits per heavy atom. The lowest BCUT2D eigenvalue weighted by Crippen LogP contribution is -2.53. The fourth-order valence-corrected chi connectivity index (χ4v) is 3.09. The maximum atomic E-state index is 11.0. The summed E-state index contributed by atoms with van der Waals surface area (Å²) in [6.45, 7) is 0. The first kappa shape index (κ1) is 9.45. The highest BCUT2D eigenvalue weighted by atomic mass is 16.4. The lowest BCUT2D eigenvalue weighted by atomic mass is 9.85. The molecule has 2 rings (SSSR count). The summed E-state index contributed by atoms with van der Waals surface area (Å²) in [7, 11) is 0. The molecule has 5 nitrogen and oxygen atoms in total. The maximum absolute atomic E-state index is 11.0. The summed E-state index contributed by atoms with van der Waals surface area (Å²) in [6.07, 6.45) is 1.80. The van der Waals surface area contributed by atoms with E-state index in [1.54, 1.807) is 0 Å². The molecule has 0 aromatic carbocycles. The number of hydrogen-bond donors (Lipinski definition) is 3. The van der Waals surface area contributed by atoms with E-state index < -0.39 is 23.4 Å². The van der Waals surface area contributed by atoms with Gasteiger partial charge in [0.2, 0.25) is 0 Å². The standard InChI is InChI=1S/C9H13NO4/c10-9(8(13)14)4-1-2-6(9)5(3-4)7(11)12/h4-6H,1-3,10H2,(H,11,12)(H,13,14). The summed E-state index contributed by atoms with van der Waals surface area (Å²) < 4.78 is 0. The van der Waals surface area contributed by atoms with Crippen LogP contribution in [0.3, 0.4) is 0 Å². The first-order valence-corrected chi connectivity index (χ1v) is 4.73. The minimum atomic E-state index is -1.29. The lowest BCUT2D eigenvalue weighted by Gasteiger charge is -2.24. The summed E-state index contributed by atoms with van der Waals surface area (Å²) in [5.41, 5.74) is 4.53. The van der Waals surface area contributed by atoms with Crippen molar-refractivity contribution in [1.82, 2.24) is 0 Å². The molecule has 5 heteroatoms. The molecule has 0 radical (unpaired) electrons. The zero-order valence-electron chi connectivity index (χ0n) is 7.64. The highest BCUT2D eigenvalue weighted by Gasteiger charge is 2.63. The van der Waals surface area contributed by atoms with Crippen LogP contribution in [0.4, 0.5) is 0 Å². The van der Waals surface area contributed by atoms with Gasteiger partial charge in [0.1, 0.15) is 5.54 Å². The van der Waals surface area contributed by atoms with E-state index in [0.717, 1.165) is 6.42 Å². The van der Waals surface area contributed by atoms with Crippen LogP contribution in [0.2, 0.25) is 0 Å². The van der Waals surface area contributed by atoms with Crippen LogP contribution in [0.1, 0.15) is 19.3 Å². The Kier molecular flexibility index (Phi) is 1.82. The number of hydrogen-bond acceptors (Lipinski definition) is 3. The molecule has 4 atom stereocenters. The Hall–Kier alpha value is -1.10. The molecular weight excluding hydrogens is 186 g/mol. The van der Waals surface area contributed by atoms with Gasteiger partial charge < -0.3 is 15.9 Å². The third-order valence-electron chi connectivity index (χ3n) is 3.83. The van der Waals surface area contributed by atoms with Crippen LogP contribution in [0.15, 0.2) is 0 Å². The van der Waals surface area contributed by atoms with Crippen LogP contribution in [0, 0.1) is 17.8 Å². The highest BCUT2D eigenvalue weighted by molar-refractivity contribution is 5.83. The Bertz CT molecular complexity index is 303. The van der Waals surface area contributed by atoms with Gasteiger partial charge in [-0.15, -0.1) is 0 Å². The zero-order chi connectivity index (χ0) is 10.5. The number of rotatable bonds is 2. The Balaban J connectivity index is 2.32. The minimum Gasteiger partial charge on any atom is -0.481 e. The van der Waals surface area contributed by atoms with Crippen molar-refractivity contribution >= 4 is 11.9 Å². The third-order valence-corrected chi connectivity index (χ3v) is 3.83. The van der Waals surface area contributed by atoms with Gasteiger partial charge in [0, 0.05) is 5.92 Å². The van der Waals surface area contributed by atoms with Crippen molar-refractivity contribution in [2.75, 3.05) is 0 Å². The monoisotopic (exact) mass is 199 g/mol. The van der Waals surface area contributed by atoms with Crippen molar-refractivity contribution in [3.63, 3.8) is 0 Å². The van der Waals surface area contributed by atoms with E-state index >= 15 is 0 Å². The van der Waals surface area contributed by atoms with Crippen LogP contribution in [0.25, 0.3) is 0 Å². The molecule has 2 aliphatic carbocycles. The van der Waals surface area contributed by atoms with Crippen LogP contribution in [-0.2, 0) is 9.59 Å². The van der Waals surface area contributed by atoms with Gasteiger partial charge >= 0.3 is 11.9 Å². The molecular formula is C9H13NO4. The van der Waals surface area contributed by atoms with E-state index in [1.807, 2.05) is 0 Å². The lowest BCUT2D eigenvalue weighted by molar-refractivity contribution is -0.147. The molecule has 0 heterocycles. The first-order chi connectivity index (χ1) is 6.48. The van der Waals surface area contributed by atoms with E-state index in [9.17, 15) is 9.59 Å². The Morgan fingerprint density at radius 1 is 1.29 bits per heavy atom. The van der Waals surface area contributed by atoms with Crippen LogP contribution in [-0.4, -0.2) is 27.7 Å². The molecule has 4 unspecified atom stereocenters. The quantitative estimate of drug-likeness (QED) is 0.576. The second-order valence-electron chi connectivity index (χ2n) is 4.30. The molecule has 0 aliphatic heterocycles. The SMILES string of the molecule is NC1(C(=O)O)C2CCC1C(C(=O)O)C2. The number of carboxylic acids is 2. The number of aliphatic carboxylic acids is 2. The van der Waals surface area contributed by atoms with Gasteiger partial charge in [-0.1, -0.05) is 0 Å². The van der Waals surface area contributed by atoms with Gasteiger partial charge in [-0.05, 0) is 25.2 Å². The molecule has 2 fully saturated rings. The van der Waals surface area contributed by atoms with Gasteiger partial charge in [-0.2, -0.15) is 0 Å². The second-order valence-corrected chi connectivity index (χ2v) is 4.30. The predicted octanol–water partition coefficient (Wildman–Crippen LogP) is -0.101. The summed E-state index contributed by atoms with van der Waals surface area (Å²) >= 11 is 0. The highest BCUT2D eigenvalue weighted by Crippen LogP contribution is 2.54. The molecule has 4 N–H and O–H groups in total. The topological polar surface area (TPSA) is 101 Å². The van der Waals surface area contributed by atoms with E-state index in [4.69, 9.17) is 15.9 Å². The fraction of sp³-hybridized carbons (Fsp3) is 0.778. The summed E-state index contributed by atoms with van der Waals surface area (Å²) in [5, 5.41) is 17.9. The summed E-state index contributed by atoms with van der Waals surface area (Å²) in [4.78, 5) is 21.9. The molecule has 0 aromatic heterocycles. The third kappa shape index (κ3) is 0.930. The van der Waals surface area contributed by atoms with Crippen molar-refractivity contribution in [3.8, 4) is 0 Å².